The summed E-state index contributed by atoms with van der Waals surface area (Å²) in [6.07, 6.45) is 2.11. The molecule has 1 aliphatic rings. The Morgan fingerprint density at radius 3 is 2.17 bits per heavy atom. The largest absolute Gasteiger partial charge is 0.460 e. The molecule has 0 radical (unpaired) electrons. The minimum absolute atomic E-state index is 0.301. The summed E-state index contributed by atoms with van der Waals surface area (Å²) in [4.78, 5) is 0. The van der Waals surface area contributed by atoms with Gasteiger partial charge in [0.2, 0.25) is 5.82 Å². The van der Waals surface area contributed by atoms with E-state index >= 15 is 0 Å². The first-order valence-electron chi connectivity index (χ1n) is 6.80. The van der Waals surface area contributed by atoms with E-state index in [4.69, 9.17) is 4.42 Å². The fraction of sp³-hybridized carbons (Fsp3) is 0.267. The second kappa shape index (κ2) is 5.68. The van der Waals surface area contributed by atoms with Crippen LogP contribution in [0.2, 0.25) is 0 Å². The van der Waals surface area contributed by atoms with Crippen molar-refractivity contribution in [2.24, 2.45) is 11.0 Å². The second-order valence-electron chi connectivity index (χ2n) is 5.37. The van der Waals surface area contributed by atoms with Gasteiger partial charge < -0.3 is 4.42 Å². The molecule has 3 rings (SSSR count). The van der Waals surface area contributed by atoms with Crippen LogP contribution in [-0.4, -0.2) is 6.21 Å². The van der Waals surface area contributed by atoms with E-state index in [0.29, 0.717) is 17.6 Å². The summed E-state index contributed by atoms with van der Waals surface area (Å²) in [7, 11) is 0. The fourth-order valence-corrected chi connectivity index (χ4v) is 2.22. The van der Waals surface area contributed by atoms with Crippen LogP contribution in [0.5, 0.6) is 0 Å². The summed E-state index contributed by atoms with van der Waals surface area (Å²) in [5, 5.41) is 3.45. The molecule has 0 amide bonds. The SMILES string of the molecule is C[C@@H]1C[C@H]1c1ccc(/C=N\Nc2c(F)c(F)c(F)c(F)c2F)o1. The number of nitrogens with zero attached hydrogens (tertiary/aromatic N) is 1. The summed E-state index contributed by atoms with van der Waals surface area (Å²) in [6.45, 7) is 2.08. The maximum Gasteiger partial charge on any atom is 0.200 e. The molecule has 0 saturated heterocycles. The Kier molecular flexibility index (Phi) is 3.83. The number of hydrazone groups is 1. The van der Waals surface area contributed by atoms with Crippen molar-refractivity contribution in [2.45, 2.75) is 19.3 Å². The van der Waals surface area contributed by atoms with Gasteiger partial charge in [-0.3, -0.25) is 5.43 Å². The monoisotopic (exact) mass is 330 g/mol. The van der Waals surface area contributed by atoms with Crippen molar-refractivity contribution in [2.75, 3.05) is 5.43 Å². The molecule has 1 heterocycles. The molecule has 23 heavy (non-hydrogen) atoms. The third-order valence-corrected chi connectivity index (χ3v) is 3.70. The Balaban J connectivity index is 1.77. The number of furan rings is 1. The number of rotatable bonds is 4. The molecule has 0 unspecified atom stereocenters. The summed E-state index contributed by atoms with van der Waals surface area (Å²) in [5.74, 6) is -8.29. The van der Waals surface area contributed by atoms with Crippen molar-refractivity contribution in [3.8, 4) is 0 Å². The first-order chi connectivity index (χ1) is 10.9. The predicted octanol–water partition coefficient (Wildman–Crippen LogP) is 4.54. The van der Waals surface area contributed by atoms with E-state index in [1.807, 2.05) is 5.43 Å². The number of hydrogen-bond acceptors (Lipinski definition) is 3. The quantitative estimate of drug-likeness (QED) is 0.294. The van der Waals surface area contributed by atoms with Crippen LogP contribution >= 0.6 is 0 Å². The Bertz CT molecular complexity index is 757. The summed E-state index contributed by atoms with van der Waals surface area (Å²) >= 11 is 0. The molecular formula is C15H11F5N2O. The zero-order valence-electron chi connectivity index (χ0n) is 11.8. The molecule has 1 fully saturated rings. The molecule has 1 aromatic heterocycles. The minimum Gasteiger partial charge on any atom is -0.460 e. The van der Waals surface area contributed by atoms with Gasteiger partial charge in [-0.05, 0) is 24.5 Å². The molecule has 0 aliphatic heterocycles. The van der Waals surface area contributed by atoms with Crippen molar-refractivity contribution in [1.29, 1.82) is 0 Å². The molecule has 8 heteroatoms. The van der Waals surface area contributed by atoms with Crippen LogP contribution < -0.4 is 5.43 Å². The Morgan fingerprint density at radius 1 is 1.04 bits per heavy atom. The van der Waals surface area contributed by atoms with Crippen molar-refractivity contribution in [3.05, 3.63) is 52.7 Å². The van der Waals surface area contributed by atoms with Gasteiger partial charge in [0.25, 0.3) is 0 Å². The molecule has 1 saturated carbocycles. The molecule has 1 N–H and O–H groups in total. The van der Waals surface area contributed by atoms with E-state index in [1.54, 1.807) is 12.1 Å². The molecular weight excluding hydrogens is 319 g/mol. The third kappa shape index (κ3) is 2.80. The average molecular weight is 330 g/mol. The minimum atomic E-state index is -2.22. The molecule has 2 atom stereocenters. The standard InChI is InChI=1S/C15H11F5N2O/c1-6-4-8(6)9-3-2-7(23-9)5-21-22-15-13(19)11(17)10(16)12(18)14(15)20/h2-3,5-6,8,22H,4H2,1H3/b21-5-/t6-,8-/m1/s1. The number of nitrogens with one attached hydrogen (secondary N) is 1. The first-order valence-corrected chi connectivity index (χ1v) is 6.80. The van der Waals surface area contributed by atoms with Crippen LogP contribution in [-0.2, 0) is 0 Å². The highest BCUT2D eigenvalue weighted by atomic mass is 19.2. The van der Waals surface area contributed by atoms with Gasteiger partial charge in [-0.1, -0.05) is 6.92 Å². The van der Waals surface area contributed by atoms with Gasteiger partial charge >= 0.3 is 0 Å². The third-order valence-electron chi connectivity index (χ3n) is 3.70. The van der Waals surface area contributed by atoms with Crippen LogP contribution in [0.25, 0.3) is 0 Å². The van der Waals surface area contributed by atoms with Crippen LogP contribution in [0, 0.1) is 35.0 Å². The van der Waals surface area contributed by atoms with Crippen LogP contribution in [0.4, 0.5) is 27.6 Å². The van der Waals surface area contributed by atoms with E-state index in [2.05, 4.69) is 12.0 Å². The lowest BCUT2D eigenvalue weighted by Gasteiger charge is -2.06. The lowest BCUT2D eigenvalue weighted by atomic mass is 10.2. The van der Waals surface area contributed by atoms with Crippen LogP contribution in [0.3, 0.4) is 0 Å². The number of hydrogen-bond donors (Lipinski definition) is 1. The Labute approximate surface area is 127 Å². The average Bonchev–Trinajstić information content (AvgIpc) is 3.08. The lowest BCUT2D eigenvalue weighted by Crippen LogP contribution is -2.06. The molecule has 0 spiro atoms. The topological polar surface area (TPSA) is 37.5 Å². The molecule has 0 bridgehead atoms. The van der Waals surface area contributed by atoms with E-state index in [9.17, 15) is 22.0 Å². The number of anilines is 1. The zero-order valence-corrected chi connectivity index (χ0v) is 11.8. The van der Waals surface area contributed by atoms with Gasteiger partial charge in [0.05, 0.1) is 6.21 Å². The van der Waals surface area contributed by atoms with E-state index in [-0.39, 0.29) is 0 Å². The normalized spacial score (nSPS) is 20.3. The smallest absolute Gasteiger partial charge is 0.200 e. The predicted molar refractivity (Wildman–Crippen MR) is 72.7 cm³/mol. The van der Waals surface area contributed by atoms with Gasteiger partial charge in [0.15, 0.2) is 23.3 Å². The summed E-state index contributed by atoms with van der Waals surface area (Å²) in [5.41, 5.74) is 0.592. The van der Waals surface area contributed by atoms with Gasteiger partial charge in [0.1, 0.15) is 17.2 Å². The van der Waals surface area contributed by atoms with E-state index < -0.39 is 34.8 Å². The van der Waals surface area contributed by atoms with E-state index in [1.165, 1.54) is 0 Å². The summed E-state index contributed by atoms with van der Waals surface area (Å²) < 4.78 is 71.2. The second-order valence-corrected chi connectivity index (χ2v) is 5.37. The zero-order chi connectivity index (χ0) is 16.7. The maximum atomic E-state index is 13.4. The molecule has 1 aliphatic carbocycles. The van der Waals surface area contributed by atoms with Gasteiger partial charge in [-0.25, -0.2) is 22.0 Å². The number of benzene rings is 1. The van der Waals surface area contributed by atoms with Crippen molar-refractivity contribution >= 4 is 11.9 Å². The molecule has 1 aromatic carbocycles. The fourth-order valence-electron chi connectivity index (χ4n) is 2.22. The van der Waals surface area contributed by atoms with Gasteiger partial charge in [-0.15, -0.1) is 0 Å². The molecule has 3 nitrogen and oxygen atoms in total. The number of halogens is 5. The van der Waals surface area contributed by atoms with Gasteiger partial charge in [-0.2, -0.15) is 5.10 Å². The van der Waals surface area contributed by atoms with Crippen LogP contribution in [0.15, 0.2) is 21.7 Å². The van der Waals surface area contributed by atoms with Crippen LogP contribution in [0.1, 0.15) is 30.8 Å². The van der Waals surface area contributed by atoms with Crippen molar-refractivity contribution < 1.29 is 26.4 Å². The Morgan fingerprint density at radius 2 is 1.61 bits per heavy atom. The van der Waals surface area contributed by atoms with E-state index in [0.717, 1.165) is 18.4 Å². The highest BCUT2D eigenvalue weighted by Gasteiger charge is 2.36. The van der Waals surface area contributed by atoms with Gasteiger partial charge in [0, 0.05) is 5.92 Å². The summed E-state index contributed by atoms with van der Waals surface area (Å²) in [6, 6.07) is 3.36. The molecule has 2 aromatic rings. The maximum absolute atomic E-state index is 13.4. The van der Waals surface area contributed by atoms with Crippen molar-refractivity contribution in [1.82, 2.24) is 0 Å². The Hall–Kier alpha value is -2.38. The first kappa shape index (κ1) is 15.5. The lowest BCUT2D eigenvalue weighted by molar-refractivity contribution is 0.381. The van der Waals surface area contributed by atoms with Crippen molar-refractivity contribution in [3.63, 3.8) is 0 Å². The highest BCUT2D eigenvalue weighted by molar-refractivity contribution is 5.76. The highest BCUT2D eigenvalue weighted by Crippen LogP contribution is 2.47. The molecule has 122 valence electrons.